The van der Waals surface area contributed by atoms with Gasteiger partial charge in [0.2, 0.25) is 0 Å². The van der Waals surface area contributed by atoms with Crippen molar-refractivity contribution >= 4 is 11.7 Å². The molecule has 1 rings (SSSR count). The van der Waals surface area contributed by atoms with Crippen LogP contribution in [0.1, 0.15) is 36.2 Å². The van der Waals surface area contributed by atoms with E-state index in [1.807, 2.05) is 19.1 Å². The SMILES string of the molecule is CCc1cc(NCC(CC)N(C)C)ccc1C(=O)O. The number of anilines is 1. The summed E-state index contributed by atoms with van der Waals surface area (Å²) in [4.78, 5) is 13.3. The molecule has 0 radical (unpaired) electrons. The van der Waals surface area contributed by atoms with Crippen molar-refractivity contribution in [2.24, 2.45) is 0 Å². The number of hydrogen-bond acceptors (Lipinski definition) is 3. The Morgan fingerprint density at radius 2 is 2.05 bits per heavy atom. The number of carbonyl (C=O) groups is 1. The Labute approximate surface area is 115 Å². The van der Waals surface area contributed by atoms with Crippen molar-refractivity contribution < 1.29 is 9.90 Å². The van der Waals surface area contributed by atoms with Gasteiger partial charge < -0.3 is 15.3 Å². The van der Waals surface area contributed by atoms with Gasteiger partial charge in [0.05, 0.1) is 5.56 Å². The van der Waals surface area contributed by atoms with Gasteiger partial charge in [0.15, 0.2) is 0 Å². The molecule has 19 heavy (non-hydrogen) atoms. The summed E-state index contributed by atoms with van der Waals surface area (Å²) in [6.07, 6.45) is 1.80. The van der Waals surface area contributed by atoms with E-state index in [1.165, 1.54) is 0 Å². The van der Waals surface area contributed by atoms with Crippen LogP contribution in [0.25, 0.3) is 0 Å². The molecule has 1 aromatic rings. The fourth-order valence-electron chi connectivity index (χ4n) is 2.13. The Morgan fingerprint density at radius 3 is 2.53 bits per heavy atom. The van der Waals surface area contributed by atoms with E-state index in [1.54, 1.807) is 6.07 Å². The number of benzene rings is 1. The van der Waals surface area contributed by atoms with E-state index in [0.29, 0.717) is 11.6 Å². The fourth-order valence-corrected chi connectivity index (χ4v) is 2.13. The van der Waals surface area contributed by atoms with Crippen LogP contribution < -0.4 is 5.32 Å². The Kier molecular flexibility index (Phi) is 5.83. The maximum Gasteiger partial charge on any atom is 0.335 e. The number of carboxylic acid groups (broad SMARTS) is 1. The van der Waals surface area contributed by atoms with Gasteiger partial charge in [-0.1, -0.05) is 13.8 Å². The molecular weight excluding hydrogens is 240 g/mol. The maximum atomic E-state index is 11.1. The van der Waals surface area contributed by atoms with Gasteiger partial charge in [-0.2, -0.15) is 0 Å². The fraction of sp³-hybridized carbons (Fsp3) is 0.533. The largest absolute Gasteiger partial charge is 0.478 e. The minimum Gasteiger partial charge on any atom is -0.478 e. The van der Waals surface area contributed by atoms with E-state index in [0.717, 1.165) is 30.6 Å². The quantitative estimate of drug-likeness (QED) is 0.795. The maximum absolute atomic E-state index is 11.1. The molecule has 0 saturated carbocycles. The normalized spacial score (nSPS) is 12.5. The molecule has 0 fully saturated rings. The third-order valence-electron chi connectivity index (χ3n) is 3.46. The molecule has 1 aromatic carbocycles. The predicted molar refractivity (Wildman–Crippen MR) is 79.0 cm³/mol. The van der Waals surface area contributed by atoms with Gasteiger partial charge in [-0.15, -0.1) is 0 Å². The van der Waals surface area contributed by atoms with Gasteiger partial charge in [0, 0.05) is 18.3 Å². The summed E-state index contributed by atoms with van der Waals surface area (Å²) < 4.78 is 0. The Hall–Kier alpha value is -1.55. The van der Waals surface area contributed by atoms with Crippen molar-refractivity contribution in [3.63, 3.8) is 0 Å². The predicted octanol–water partition coefficient (Wildman–Crippen LogP) is 2.70. The lowest BCUT2D eigenvalue weighted by atomic mass is 10.0. The van der Waals surface area contributed by atoms with Crippen LogP contribution in [0.3, 0.4) is 0 Å². The molecule has 0 heterocycles. The van der Waals surface area contributed by atoms with Crippen LogP contribution in [0, 0.1) is 0 Å². The zero-order chi connectivity index (χ0) is 14.4. The first-order chi connectivity index (χ1) is 8.99. The van der Waals surface area contributed by atoms with E-state index < -0.39 is 5.97 Å². The first-order valence-corrected chi connectivity index (χ1v) is 6.76. The highest BCUT2D eigenvalue weighted by Gasteiger charge is 2.11. The lowest BCUT2D eigenvalue weighted by molar-refractivity contribution is 0.0696. The molecule has 4 heteroatoms. The van der Waals surface area contributed by atoms with E-state index in [9.17, 15) is 4.79 Å². The van der Waals surface area contributed by atoms with Crippen molar-refractivity contribution in [2.75, 3.05) is 26.0 Å². The molecule has 0 saturated heterocycles. The molecule has 0 aliphatic rings. The molecule has 1 unspecified atom stereocenters. The van der Waals surface area contributed by atoms with Gasteiger partial charge >= 0.3 is 5.97 Å². The van der Waals surface area contributed by atoms with E-state index in [-0.39, 0.29) is 0 Å². The molecule has 0 bridgehead atoms. The van der Waals surface area contributed by atoms with Gasteiger partial charge in [-0.3, -0.25) is 0 Å². The number of rotatable bonds is 7. The summed E-state index contributed by atoms with van der Waals surface area (Å²) in [6, 6.07) is 5.93. The average Bonchev–Trinajstić information content (AvgIpc) is 2.38. The van der Waals surface area contributed by atoms with Crippen molar-refractivity contribution in [2.45, 2.75) is 32.7 Å². The summed E-state index contributed by atoms with van der Waals surface area (Å²) in [6.45, 7) is 5.00. The molecule has 4 nitrogen and oxygen atoms in total. The molecule has 2 N–H and O–H groups in total. The first kappa shape index (κ1) is 15.5. The van der Waals surface area contributed by atoms with E-state index in [2.05, 4.69) is 31.2 Å². The second kappa shape index (κ2) is 7.14. The van der Waals surface area contributed by atoms with Crippen LogP contribution in [0.4, 0.5) is 5.69 Å². The lowest BCUT2D eigenvalue weighted by Gasteiger charge is -2.23. The first-order valence-electron chi connectivity index (χ1n) is 6.76. The molecule has 0 spiro atoms. The number of nitrogens with zero attached hydrogens (tertiary/aromatic N) is 1. The van der Waals surface area contributed by atoms with Crippen molar-refractivity contribution in [3.05, 3.63) is 29.3 Å². The molecule has 0 aliphatic carbocycles. The lowest BCUT2D eigenvalue weighted by Crippen LogP contribution is -2.33. The topological polar surface area (TPSA) is 52.6 Å². The highest BCUT2D eigenvalue weighted by molar-refractivity contribution is 5.90. The van der Waals surface area contributed by atoms with Crippen LogP contribution in [-0.2, 0) is 6.42 Å². The molecule has 0 aromatic heterocycles. The summed E-state index contributed by atoms with van der Waals surface area (Å²) in [5.74, 6) is -0.858. The van der Waals surface area contributed by atoms with Gasteiger partial charge in [-0.25, -0.2) is 4.79 Å². The monoisotopic (exact) mass is 264 g/mol. The Balaban J connectivity index is 2.77. The van der Waals surface area contributed by atoms with E-state index >= 15 is 0 Å². The number of aryl methyl sites for hydroxylation is 1. The number of likely N-dealkylation sites (N-methyl/N-ethyl adjacent to an activating group) is 1. The summed E-state index contributed by atoms with van der Waals surface area (Å²) >= 11 is 0. The van der Waals surface area contributed by atoms with Crippen LogP contribution in [0.2, 0.25) is 0 Å². The smallest absolute Gasteiger partial charge is 0.335 e. The second-order valence-corrected chi connectivity index (χ2v) is 4.94. The van der Waals surface area contributed by atoms with Crippen LogP contribution in [0.15, 0.2) is 18.2 Å². The average molecular weight is 264 g/mol. The van der Waals surface area contributed by atoms with Crippen molar-refractivity contribution in [1.82, 2.24) is 4.90 Å². The second-order valence-electron chi connectivity index (χ2n) is 4.94. The minimum absolute atomic E-state index is 0.396. The summed E-state index contributed by atoms with van der Waals surface area (Å²) in [7, 11) is 4.14. The molecular formula is C15H24N2O2. The standard InChI is InChI=1S/C15H24N2O2/c1-5-11-9-12(7-8-14(11)15(18)19)16-10-13(6-2)17(3)4/h7-9,13,16H,5-6,10H2,1-4H3,(H,18,19). The van der Waals surface area contributed by atoms with Crippen molar-refractivity contribution in [1.29, 1.82) is 0 Å². The highest BCUT2D eigenvalue weighted by Crippen LogP contribution is 2.17. The third-order valence-corrected chi connectivity index (χ3v) is 3.46. The van der Waals surface area contributed by atoms with Gasteiger partial charge in [0.25, 0.3) is 0 Å². The molecule has 0 aliphatic heterocycles. The number of aromatic carboxylic acids is 1. The molecule has 0 amide bonds. The number of hydrogen-bond donors (Lipinski definition) is 2. The summed E-state index contributed by atoms with van der Waals surface area (Å²) in [5, 5.41) is 12.5. The zero-order valence-corrected chi connectivity index (χ0v) is 12.2. The number of carboxylic acids is 1. The Morgan fingerprint density at radius 1 is 1.37 bits per heavy atom. The van der Waals surface area contributed by atoms with Gasteiger partial charge in [-0.05, 0) is 50.7 Å². The van der Waals surface area contributed by atoms with Crippen LogP contribution in [-0.4, -0.2) is 42.7 Å². The molecule has 106 valence electrons. The van der Waals surface area contributed by atoms with E-state index in [4.69, 9.17) is 5.11 Å². The van der Waals surface area contributed by atoms with Gasteiger partial charge in [0.1, 0.15) is 0 Å². The zero-order valence-electron chi connectivity index (χ0n) is 12.2. The number of nitrogens with one attached hydrogen (secondary N) is 1. The summed E-state index contributed by atoms with van der Waals surface area (Å²) in [5.41, 5.74) is 2.25. The third kappa shape index (κ3) is 4.24. The minimum atomic E-state index is -0.858. The molecule has 1 atom stereocenters. The van der Waals surface area contributed by atoms with Crippen molar-refractivity contribution in [3.8, 4) is 0 Å². The highest BCUT2D eigenvalue weighted by atomic mass is 16.4. The van der Waals surface area contributed by atoms with Crippen LogP contribution >= 0.6 is 0 Å². The van der Waals surface area contributed by atoms with Crippen LogP contribution in [0.5, 0.6) is 0 Å². The Bertz CT molecular complexity index is 430.